The SMILES string of the molecule is C=CC(=O)CC(=O)C=Cc1ccc(OCCC[Si](OCC)(OCC)OCC)c(OC)c1. The summed E-state index contributed by atoms with van der Waals surface area (Å²) < 4.78 is 28.9. The summed E-state index contributed by atoms with van der Waals surface area (Å²) in [6.07, 6.45) is 4.68. The van der Waals surface area contributed by atoms with Gasteiger partial charge in [-0.1, -0.05) is 18.7 Å². The number of ether oxygens (including phenoxy) is 2. The molecule has 0 saturated heterocycles. The van der Waals surface area contributed by atoms with E-state index in [1.807, 2.05) is 26.8 Å². The van der Waals surface area contributed by atoms with Crippen molar-refractivity contribution >= 4 is 26.4 Å². The molecule has 0 radical (unpaired) electrons. The number of methoxy groups -OCH3 is 1. The molecule has 31 heavy (non-hydrogen) atoms. The fourth-order valence-corrected chi connectivity index (χ4v) is 5.45. The molecule has 0 atom stereocenters. The minimum atomic E-state index is -2.68. The van der Waals surface area contributed by atoms with E-state index in [4.69, 9.17) is 22.8 Å². The zero-order chi connectivity index (χ0) is 23.1. The molecule has 0 spiro atoms. The topological polar surface area (TPSA) is 80.3 Å². The van der Waals surface area contributed by atoms with Crippen LogP contribution in [0.3, 0.4) is 0 Å². The van der Waals surface area contributed by atoms with Gasteiger partial charge in [0, 0.05) is 25.9 Å². The maximum atomic E-state index is 11.8. The number of ketones is 2. The second kappa shape index (κ2) is 14.7. The summed E-state index contributed by atoms with van der Waals surface area (Å²) >= 11 is 0. The van der Waals surface area contributed by atoms with E-state index in [1.54, 1.807) is 25.3 Å². The molecule has 0 aliphatic heterocycles. The Labute approximate surface area is 186 Å². The summed E-state index contributed by atoms with van der Waals surface area (Å²) in [7, 11) is -1.13. The highest BCUT2D eigenvalue weighted by Gasteiger charge is 2.39. The smallest absolute Gasteiger partial charge is 0.493 e. The zero-order valence-corrected chi connectivity index (χ0v) is 20.0. The largest absolute Gasteiger partial charge is 0.501 e. The van der Waals surface area contributed by atoms with Gasteiger partial charge in [0.2, 0.25) is 0 Å². The first-order chi connectivity index (χ1) is 14.9. The maximum Gasteiger partial charge on any atom is 0.501 e. The highest BCUT2D eigenvalue weighted by molar-refractivity contribution is 6.60. The fourth-order valence-electron chi connectivity index (χ4n) is 2.87. The van der Waals surface area contributed by atoms with Crippen molar-refractivity contribution in [3.8, 4) is 11.5 Å². The van der Waals surface area contributed by atoms with Crippen LogP contribution in [0, 0.1) is 0 Å². The number of allylic oxidation sites excluding steroid dienone is 2. The Kier molecular flexibility index (Phi) is 12.7. The first-order valence-corrected chi connectivity index (χ1v) is 12.5. The van der Waals surface area contributed by atoms with Gasteiger partial charge in [-0.05, 0) is 57.0 Å². The number of hydrogen-bond acceptors (Lipinski definition) is 7. The lowest BCUT2D eigenvalue weighted by molar-refractivity contribution is -0.121. The van der Waals surface area contributed by atoms with Crippen LogP contribution in [-0.4, -0.2) is 53.9 Å². The Balaban J connectivity index is 2.70. The minimum Gasteiger partial charge on any atom is -0.493 e. The number of carbonyl (C=O) groups is 2. The Hall–Kier alpha value is -2.26. The van der Waals surface area contributed by atoms with Crippen molar-refractivity contribution in [1.82, 2.24) is 0 Å². The lowest BCUT2D eigenvalue weighted by Gasteiger charge is -2.28. The molecule has 0 saturated carbocycles. The average molecular weight is 451 g/mol. The van der Waals surface area contributed by atoms with E-state index in [9.17, 15) is 9.59 Å². The third-order valence-electron chi connectivity index (χ3n) is 4.20. The molecule has 1 rings (SSSR count). The van der Waals surface area contributed by atoms with Gasteiger partial charge in [-0.15, -0.1) is 0 Å². The first kappa shape index (κ1) is 26.8. The lowest BCUT2D eigenvalue weighted by Crippen LogP contribution is -2.46. The number of benzene rings is 1. The molecule has 7 nitrogen and oxygen atoms in total. The standard InChI is InChI=1S/C23H34O7Si/c1-6-20(24)18-21(25)13-11-19-12-14-22(23(17-19)26-5)27-15-10-16-31(28-7-2,29-8-3)30-9-4/h6,11-14,17H,1,7-10,15-16,18H2,2-5H3. The van der Waals surface area contributed by atoms with Crippen molar-refractivity contribution in [1.29, 1.82) is 0 Å². The molecule has 0 aliphatic carbocycles. The molecule has 0 fully saturated rings. The van der Waals surface area contributed by atoms with Crippen LogP contribution in [0.25, 0.3) is 6.08 Å². The normalized spacial score (nSPS) is 11.5. The second-order valence-corrected chi connectivity index (χ2v) is 9.22. The lowest BCUT2D eigenvalue weighted by atomic mass is 10.1. The Bertz CT molecular complexity index is 728. The highest BCUT2D eigenvalue weighted by atomic mass is 28.4. The number of rotatable bonds is 17. The predicted octanol–water partition coefficient (Wildman–Crippen LogP) is 4.24. The summed E-state index contributed by atoms with van der Waals surface area (Å²) in [4.78, 5) is 23.0. The van der Waals surface area contributed by atoms with Crippen LogP contribution in [0.2, 0.25) is 6.04 Å². The van der Waals surface area contributed by atoms with Crippen molar-refractivity contribution in [2.45, 2.75) is 39.7 Å². The average Bonchev–Trinajstić information content (AvgIpc) is 2.76. The van der Waals surface area contributed by atoms with Crippen molar-refractivity contribution < 1.29 is 32.3 Å². The third kappa shape index (κ3) is 9.60. The van der Waals surface area contributed by atoms with Crippen LogP contribution in [0.5, 0.6) is 11.5 Å². The van der Waals surface area contributed by atoms with Crippen molar-refractivity contribution in [2.24, 2.45) is 0 Å². The van der Waals surface area contributed by atoms with Crippen molar-refractivity contribution in [3.63, 3.8) is 0 Å². The van der Waals surface area contributed by atoms with Gasteiger partial charge in [0.05, 0.1) is 20.1 Å². The Morgan fingerprint density at radius 2 is 1.65 bits per heavy atom. The predicted molar refractivity (Wildman–Crippen MR) is 122 cm³/mol. The summed E-state index contributed by atoms with van der Waals surface area (Å²) in [6, 6.07) is 6.04. The Morgan fingerprint density at radius 3 is 2.19 bits per heavy atom. The third-order valence-corrected chi connectivity index (χ3v) is 7.35. The molecular weight excluding hydrogens is 416 g/mol. The fraction of sp³-hybridized carbons (Fsp3) is 0.478. The summed E-state index contributed by atoms with van der Waals surface area (Å²) in [6.45, 7) is 11.2. The minimum absolute atomic E-state index is 0.186. The van der Waals surface area contributed by atoms with E-state index in [-0.39, 0.29) is 18.0 Å². The van der Waals surface area contributed by atoms with E-state index < -0.39 is 8.80 Å². The molecule has 0 unspecified atom stereocenters. The van der Waals surface area contributed by atoms with E-state index in [0.717, 1.165) is 11.6 Å². The molecule has 0 bridgehead atoms. The number of carbonyl (C=O) groups excluding carboxylic acids is 2. The highest BCUT2D eigenvalue weighted by Crippen LogP contribution is 2.29. The van der Waals surface area contributed by atoms with Crippen LogP contribution in [-0.2, 0) is 22.9 Å². The van der Waals surface area contributed by atoms with E-state index in [1.165, 1.54) is 6.08 Å². The first-order valence-electron chi connectivity index (χ1n) is 10.5. The van der Waals surface area contributed by atoms with Gasteiger partial charge in [-0.25, -0.2) is 0 Å². The van der Waals surface area contributed by atoms with E-state index in [0.29, 0.717) is 50.4 Å². The molecule has 0 aliphatic rings. The van der Waals surface area contributed by atoms with Gasteiger partial charge >= 0.3 is 8.80 Å². The van der Waals surface area contributed by atoms with Crippen LogP contribution < -0.4 is 9.47 Å². The monoisotopic (exact) mass is 450 g/mol. The van der Waals surface area contributed by atoms with E-state index >= 15 is 0 Å². The quantitative estimate of drug-likeness (QED) is 0.152. The van der Waals surface area contributed by atoms with Gasteiger partial charge in [0.1, 0.15) is 0 Å². The molecular formula is C23H34O7Si. The van der Waals surface area contributed by atoms with Crippen molar-refractivity contribution in [3.05, 3.63) is 42.5 Å². The number of hydrogen-bond donors (Lipinski definition) is 0. The van der Waals surface area contributed by atoms with E-state index in [2.05, 4.69) is 6.58 Å². The molecule has 0 N–H and O–H groups in total. The van der Waals surface area contributed by atoms with Gasteiger partial charge in [0.25, 0.3) is 0 Å². The summed E-state index contributed by atoms with van der Waals surface area (Å²) in [5, 5.41) is 0. The van der Waals surface area contributed by atoms with Gasteiger partial charge in [0.15, 0.2) is 23.1 Å². The molecule has 1 aromatic rings. The second-order valence-electron chi connectivity index (χ2n) is 6.49. The zero-order valence-electron chi connectivity index (χ0n) is 19.0. The summed E-state index contributed by atoms with van der Waals surface area (Å²) in [5.41, 5.74) is 0.763. The molecule has 0 heterocycles. The van der Waals surface area contributed by atoms with Crippen LogP contribution in [0.15, 0.2) is 36.9 Å². The molecule has 172 valence electrons. The van der Waals surface area contributed by atoms with Crippen LogP contribution >= 0.6 is 0 Å². The Morgan fingerprint density at radius 1 is 1.00 bits per heavy atom. The van der Waals surface area contributed by atoms with Gasteiger partial charge < -0.3 is 22.8 Å². The van der Waals surface area contributed by atoms with Crippen LogP contribution in [0.4, 0.5) is 0 Å². The van der Waals surface area contributed by atoms with Crippen molar-refractivity contribution in [2.75, 3.05) is 33.5 Å². The summed E-state index contributed by atoms with van der Waals surface area (Å²) in [5.74, 6) is 0.569. The van der Waals surface area contributed by atoms with Crippen LogP contribution in [0.1, 0.15) is 39.2 Å². The molecule has 1 aromatic carbocycles. The molecule has 0 amide bonds. The van der Waals surface area contributed by atoms with Gasteiger partial charge in [-0.2, -0.15) is 0 Å². The molecule has 8 heteroatoms. The van der Waals surface area contributed by atoms with Gasteiger partial charge in [-0.3, -0.25) is 9.59 Å². The molecule has 0 aromatic heterocycles. The maximum absolute atomic E-state index is 11.8.